The second-order valence-corrected chi connectivity index (χ2v) is 7.92. The fourth-order valence-electron chi connectivity index (χ4n) is 1.73. The Morgan fingerprint density at radius 2 is 2.11 bits per heavy atom. The first-order valence-electron chi connectivity index (χ1n) is 4.83. The molecule has 0 radical (unpaired) electrons. The predicted molar refractivity (Wildman–Crippen MR) is 72.6 cm³/mol. The molecule has 1 aromatic carbocycles. The molecule has 3 rings (SSSR count). The first-order chi connectivity index (χ1) is 8.47. The summed E-state index contributed by atoms with van der Waals surface area (Å²) in [6.07, 6.45) is 0. The molecular weight excluding hydrogens is 312 g/mol. The molecule has 0 bridgehead atoms. The van der Waals surface area contributed by atoms with Crippen LogP contribution in [-0.2, 0) is 16.7 Å². The van der Waals surface area contributed by atoms with E-state index in [0.29, 0.717) is 17.9 Å². The van der Waals surface area contributed by atoms with Crippen molar-refractivity contribution in [3.63, 3.8) is 0 Å². The van der Waals surface area contributed by atoms with Crippen molar-refractivity contribution in [2.24, 2.45) is 0 Å². The highest BCUT2D eigenvalue weighted by atomic mass is 32.9. The molecule has 94 valence electrons. The number of fused-ring (bicyclic) bond motifs is 3. The summed E-state index contributed by atoms with van der Waals surface area (Å²) in [5, 5.41) is 0. The van der Waals surface area contributed by atoms with Gasteiger partial charge in [-0.15, -0.1) is 0 Å². The van der Waals surface area contributed by atoms with Gasteiger partial charge in [-0.25, -0.2) is 0 Å². The SMILES string of the molecule is O=S(=O)(O)c1ccc2c(c1)-c1ssc(=S)c1CO2. The van der Waals surface area contributed by atoms with Gasteiger partial charge in [-0.3, -0.25) is 4.55 Å². The van der Waals surface area contributed by atoms with E-state index >= 15 is 0 Å². The number of rotatable bonds is 1. The Hall–Kier alpha value is -0.800. The fraction of sp³-hybridized carbons (Fsp3) is 0.100. The molecule has 2 aromatic rings. The molecular formula is C10H6O4S4. The highest BCUT2D eigenvalue weighted by Gasteiger charge is 2.23. The lowest BCUT2D eigenvalue weighted by atomic mass is 10.1. The quantitative estimate of drug-likeness (QED) is 0.496. The zero-order valence-corrected chi connectivity index (χ0v) is 12.0. The number of benzene rings is 1. The molecule has 0 spiro atoms. The Kier molecular flexibility index (Phi) is 2.79. The number of ether oxygens (including phenoxy) is 1. The second kappa shape index (κ2) is 4.10. The summed E-state index contributed by atoms with van der Waals surface area (Å²) < 4.78 is 37.6. The first-order valence-corrected chi connectivity index (χ1v) is 8.83. The van der Waals surface area contributed by atoms with E-state index in [2.05, 4.69) is 0 Å². The normalized spacial score (nSPS) is 13.6. The van der Waals surface area contributed by atoms with Crippen LogP contribution in [0.15, 0.2) is 23.1 Å². The molecule has 1 aliphatic heterocycles. The number of hydrogen-bond acceptors (Lipinski definition) is 6. The van der Waals surface area contributed by atoms with Gasteiger partial charge in [-0.2, -0.15) is 8.42 Å². The van der Waals surface area contributed by atoms with Gasteiger partial charge in [0.05, 0.1) is 9.77 Å². The predicted octanol–water partition coefficient (Wildman–Crippen LogP) is 3.35. The highest BCUT2D eigenvalue weighted by molar-refractivity contribution is 7.85. The molecule has 0 unspecified atom stereocenters. The van der Waals surface area contributed by atoms with Crippen molar-refractivity contribution >= 4 is 43.0 Å². The maximum Gasteiger partial charge on any atom is 0.294 e. The van der Waals surface area contributed by atoms with Gasteiger partial charge in [0.25, 0.3) is 10.1 Å². The van der Waals surface area contributed by atoms with Crippen LogP contribution >= 0.6 is 32.9 Å². The van der Waals surface area contributed by atoms with Gasteiger partial charge in [0, 0.05) is 11.1 Å². The van der Waals surface area contributed by atoms with Gasteiger partial charge < -0.3 is 4.74 Å². The van der Waals surface area contributed by atoms with Crippen molar-refractivity contribution < 1.29 is 17.7 Å². The standard InChI is InChI=1S/C10H6O4S4/c11-18(12,13)5-1-2-8-6(3-5)9-7(4-14-8)10(15)17-16-9/h1-3H,4H2,(H,11,12,13). The lowest BCUT2D eigenvalue weighted by Crippen LogP contribution is -2.05. The molecule has 18 heavy (non-hydrogen) atoms. The zero-order chi connectivity index (χ0) is 12.9. The molecule has 4 nitrogen and oxygen atoms in total. The maximum absolute atomic E-state index is 11.1. The number of hydrogen-bond donors (Lipinski definition) is 1. The maximum atomic E-state index is 11.1. The average molecular weight is 318 g/mol. The average Bonchev–Trinajstić information content (AvgIpc) is 2.70. The Labute approximate surface area is 116 Å². The second-order valence-electron chi connectivity index (χ2n) is 3.68. The molecule has 1 N–H and O–H groups in total. The van der Waals surface area contributed by atoms with Crippen LogP contribution in [0.1, 0.15) is 5.56 Å². The zero-order valence-electron chi connectivity index (χ0n) is 8.74. The van der Waals surface area contributed by atoms with E-state index in [4.69, 9.17) is 21.5 Å². The van der Waals surface area contributed by atoms with Crippen LogP contribution in [0.4, 0.5) is 0 Å². The highest BCUT2D eigenvalue weighted by Crippen LogP contribution is 2.44. The van der Waals surface area contributed by atoms with Crippen LogP contribution in [0.3, 0.4) is 0 Å². The van der Waals surface area contributed by atoms with E-state index in [1.165, 1.54) is 32.8 Å². The summed E-state index contributed by atoms with van der Waals surface area (Å²) in [7, 11) is -1.25. The van der Waals surface area contributed by atoms with Gasteiger partial charge in [0.1, 0.15) is 16.2 Å². The van der Waals surface area contributed by atoms with Crippen molar-refractivity contribution in [2.75, 3.05) is 0 Å². The Morgan fingerprint density at radius 1 is 1.33 bits per heavy atom. The van der Waals surface area contributed by atoms with Gasteiger partial charge >= 0.3 is 0 Å². The molecule has 0 saturated carbocycles. The van der Waals surface area contributed by atoms with Crippen LogP contribution in [-0.4, -0.2) is 13.0 Å². The minimum atomic E-state index is -4.21. The third-order valence-corrected chi connectivity index (χ3v) is 6.61. The van der Waals surface area contributed by atoms with Crippen molar-refractivity contribution in [1.82, 2.24) is 0 Å². The van der Waals surface area contributed by atoms with Crippen LogP contribution in [0.5, 0.6) is 5.75 Å². The van der Waals surface area contributed by atoms with Crippen LogP contribution < -0.4 is 4.74 Å². The molecule has 0 saturated heterocycles. The fourth-order valence-corrected chi connectivity index (χ4v) is 5.11. The Morgan fingerprint density at radius 3 is 2.83 bits per heavy atom. The van der Waals surface area contributed by atoms with Gasteiger partial charge in [0.2, 0.25) is 0 Å². The summed E-state index contributed by atoms with van der Waals surface area (Å²) >= 11 is 5.19. The first kappa shape index (κ1) is 12.2. The Bertz CT molecular complexity index is 784. The molecule has 0 atom stereocenters. The van der Waals surface area contributed by atoms with Gasteiger partial charge in [0.15, 0.2) is 0 Å². The Balaban J connectivity index is 2.29. The van der Waals surface area contributed by atoms with Crippen molar-refractivity contribution in [3.8, 4) is 16.2 Å². The van der Waals surface area contributed by atoms with E-state index in [1.54, 1.807) is 6.07 Å². The molecule has 0 aliphatic carbocycles. The smallest absolute Gasteiger partial charge is 0.294 e. The van der Waals surface area contributed by atoms with E-state index in [9.17, 15) is 8.42 Å². The lowest BCUT2D eigenvalue weighted by molar-refractivity contribution is 0.302. The molecule has 1 aliphatic rings. The van der Waals surface area contributed by atoms with Crippen LogP contribution in [0.25, 0.3) is 10.4 Å². The third kappa shape index (κ3) is 1.90. The van der Waals surface area contributed by atoms with Crippen molar-refractivity contribution in [3.05, 3.63) is 27.6 Å². The minimum absolute atomic E-state index is 0.137. The third-order valence-electron chi connectivity index (χ3n) is 2.59. The summed E-state index contributed by atoms with van der Waals surface area (Å²) in [5.41, 5.74) is 1.59. The largest absolute Gasteiger partial charge is 0.488 e. The van der Waals surface area contributed by atoms with E-state index in [1.807, 2.05) is 0 Å². The molecule has 0 amide bonds. The van der Waals surface area contributed by atoms with Gasteiger partial charge in [-0.05, 0) is 18.2 Å². The summed E-state index contributed by atoms with van der Waals surface area (Å²) in [5.74, 6) is 0.610. The summed E-state index contributed by atoms with van der Waals surface area (Å²) in [4.78, 5) is 0.791. The van der Waals surface area contributed by atoms with Crippen LogP contribution in [0.2, 0.25) is 0 Å². The van der Waals surface area contributed by atoms with Crippen molar-refractivity contribution in [1.29, 1.82) is 0 Å². The summed E-state index contributed by atoms with van der Waals surface area (Å²) in [6.45, 7) is 0.409. The molecule has 0 fully saturated rings. The van der Waals surface area contributed by atoms with E-state index in [-0.39, 0.29) is 4.90 Å². The van der Waals surface area contributed by atoms with Crippen molar-refractivity contribution in [2.45, 2.75) is 11.5 Å². The molecule has 8 heteroatoms. The minimum Gasteiger partial charge on any atom is -0.488 e. The molecule has 1 aromatic heterocycles. The van der Waals surface area contributed by atoms with Crippen LogP contribution in [0, 0.1) is 3.82 Å². The van der Waals surface area contributed by atoms with E-state index < -0.39 is 10.1 Å². The van der Waals surface area contributed by atoms with E-state index in [0.717, 1.165) is 14.3 Å². The lowest BCUT2D eigenvalue weighted by Gasteiger charge is -2.17. The summed E-state index contributed by atoms with van der Waals surface area (Å²) in [6, 6.07) is 4.29. The monoisotopic (exact) mass is 318 g/mol. The topological polar surface area (TPSA) is 63.6 Å². The molecule has 2 heterocycles. The van der Waals surface area contributed by atoms with Gasteiger partial charge in [-0.1, -0.05) is 32.9 Å².